The lowest BCUT2D eigenvalue weighted by Gasteiger charge is -2.57. The molecule has 2 heteroatoms. The lowest BCUT2D eigenvalue weighted by molar-refractivity contribution is -0.121. The third-order valence-electron chi connectivity index (χ3n) is 6.38. The van der Waals surface area contributed by atoms with E-state index in [0.29, 0.717) is 11.2 Å². The summed E-state index contributed by atoms with van der Waals surface area (Å²) in [7, 11) is 0. The second kappa shape index (κ2) is 4.93. The van der Waals surface area contributed by atoms with Crippen molar-refractivity contribution in [3.05, 3.63) is 30.1 Å². The van der Waals surface area contributed by atoms with E-state index in [1.807, 2.05) is 12.3 Å². The zero-order chi connectivity index (χ0) is 14.4. The average Bonchev–Trinajstić information content (AvgIpc) is 2.44. The van der Waals surface area contributed by atoms with Crippen LogP contribution in [0.5, 0.6) is 0 Å². The Bertz CT molecular complexity index is 500. The van der Waals surface area contributed by atoms with Gasteiger partial charge in [0.15, 0.2) is 0 Å². The zero-order valence-electron chi connectivity index (χ0n) is 12.9. The van der Waals surface area contributed by atoms with Gasteiger partial charge in [0, 0.05) is 18.3 Å². The Hall–Kier alpha value is -1.18. The number of carbonyl (C=O) groups is 1. The van der Waals surface area contributed by atoms with Gasteiger partial charge in [-0.2, -0.15) is 0 Å². The van der Waals surface area contributed by atoms with Gasteiger partial charge in [0.2, 0.25) is 0 Å². The molecule has 1 heterocycles. The average molecular weight is 283 g/mol. The topological polar surface area (TPSA) is 30.0 Å². The van der Waals surface area contributed by atoms with Crippen LogP contribution < -0.4 is 0 Å². The van der Waals surface area contributed by atoms with Crippen LogP contribution >= 0.6 is 0 Å². The predicted octanol–water partition coefficient (Wildman–Crippen LogP) is 4.36. The first-order valence-electron chi connectivity index (χ1n) is 8.54. The predicted molar refractivity (Wildman–Crippen MR) is 82.9 cm³/mol. The highest BCUT2D eigenvalue weighted by Crippen LogP contribution is 2.62. The lowest BCUT2D eigenvalue weighted by Crippen LogP contribution is -2.46. The van der Waals surface area contributed by atoms with Gasteiger partial charge >= 0.3 is 0 Å². The molecule has 21 heavy (non-hydrogen) atoms. The first-order valence-corrected chi connectivity index (χ1v) is 8.54. The second-order valence-electron chi connectivity index (χ2n) is 8.07. The maximum absolute atomic E-state index is 12.2. The van der Waals surface area contributed by atoms with Crippen LogP contribution in [0.2, 0.25) is 0 Å². The zero-order valence-corrected chi connectivity index (χ0v) is 12.9. The summed E-state index contributed by atoms with van der Waals surface area (Å²) in [4.78, 5) is 16.5. The van der Waals surface area contributed by atoms with Crippen molar-refractivity contribution in [3.8, 4) is 0 Å². The molecule has 2 nitrogen and oxygen atoms in total. The summed E-state index contributed by atoms with van der Waals surface area (Å²) >= 11 is 0. The lowest BCUT2D eigenvalue weighted by atomic mass is 9.48. The molecule has 112 valence electrons. The van der Waals surface area contributed by atoms with Crippen LogP contribution in [0.4, 0.5) is 0 Å². The summed E-state index contributed by atoms with van der Waals surface area (Å²) < 4.78 is 0. The molecular weight excluding hydrogens is 258 g/mol. The van der Waals surface area contributed by atoms with Crippen molar-refractivity contribution in [2.75, 3.05) is 0 Å². The van der Waals surface area contributed by atoms with Crippen molar-refractivity contribution in [2.24, 2.45) is 23.2 Å². The fourth-order valence-corrected chi connectivity index (χ4v) is 6.05. The molecule has 0 saturated heterocycles. The number of hydrogen-bond donors (Lipinski definition) is 0. The smallest absolute Gasteiger partial charge is 0.137 e. The number of nitrogens with zero attached hydrogens (tertiary/aromatic N) is 1. The number of hydrogen-bond acceptors (Lipinski definition) is 2. The van der Waals surface area contributed by atoms with Crippen LogP contribution in [0.3, 0.4) is 0 Å². The summed E-state index contributed by atoms with van der Waals surface area (Å²) in [5.74, 6) is 3.25. The molecule has 0 radical (unpaired) electrons. The second-order valence-corrected chi connectivity index (χ2v) is 8.07. The molecule has 1 aromatic rings. The van der Waals surface area contributed by atoms with Gasteiger partial charge in [-0.05, 0) is 86.7 Å². The largest absolute Gasteiger partial charge is 0.299 e. The first-order chi connectivity index (χ1) is 10.1. The quantitative estimate of drug-likeness (QED) is 0.821. The molecule has 1 aromatic heterocycles. The van der Waals surface area contributed by atoms with E-state index in [1.165, 1.54) is 38.5 Å². The third kappa shape index (κ3) is 2.43. The van der Waals surface area contributed by atoms with Gasteiger partial charge in [-0.25, -0.2) is 0 Å². The Morgan fingerprint density at radius 2 is 1.86 bits per heavy atom. The number of carbonyl (C=O) groups excluding carboxylic acids is 1. The summed E-state index contributed by atoms with van der Waals surface area (Å²) in [6.07, 6.45) is 13.3. The van der Waals surface area contributed by atoms with Crippen LogP contribution in [-0.4, -0.2) is 10.8 Å². The van der Waals surface area contributed by atoms with Crippen LogP contribution in [0.15, 0.2) is 24.5 Å². The molecule has 4 aliphatic carbocycles. The first kappa shape index (κ1) is 13.5. The molecule has 4 bridgehead atoms. The van der Waals surface area contributed by atoms with E-state index in [9.17, 15) is 4.79 Å². The van der Waals surface area contributed by atoms with Gasteiger partial charge in [-0.15, -0.1) is 0 Å². The summed E-state index contributed by atoms with van der Waals surface area (Å²) in [5.41, 5.74) is 1.58. The van der Waals surface area contributed by atoms with Crippen molar-refractivity contribution in [2.45, 2.75) is 57.8 Å². The van der Waals surface area contributed by atoms with E-state index >= 15 is 0 Å². The molecule has 0 aromatic carbocycles. The van der Waals surface area contributed by atoms with Crippen LogP contribution in [0.1, 0.15) is 63.4 Å². The van der Waals surface area contributed by atoms with Crippen molar-refractivity contribution < 1.29 is 4.79 Å². The molecule has 4 fully saturated rings. The van der Waals surface area contributed by atoms with Crippen molar-refractivity contribution in [1.82, 2.24) is 4.98 Å². The maximum Gasteiger partial charge on any atom is 0.137 e. The van der Waals surface area contributed by atoms with E-state index in [1.54, 1.807) is 13.1 Å². The minimum absolute atomic E-state index is 0.0648. The molecular formula is C19H25NO. The van der Waals surface area contributed by atoms with E-state index in [0.717, 1.165) is 29.7 Å². The van der Waals surface area contributed by atoms with E-state index in [-0.39, 0.29) is 5.92 Å². The normalized spacial score (nSPS) is 38.4. The van der Waals surface area contributed by atoms with Gasteiger partial charge in [0.05, 0.1) is 0 Å². The molecule has 5 rings (SSSR count). The van der Waals surface area contributed by atoms with E-state index in [2.05, 4.69) is 11.1 Å². The maximum atomic E-state index is 12.2. The molecule has 0 N–H and O–H groups in total. The van der Waals surface area contributed by atoms with Crippen molar-refractivity contribution in [1.29, 1.82) is 0 Å². The van der Waals surface area contributed by atoms with Gasteiger partial charge in [0.25, 0.3) is 0 Å². The molecule has 0 amide bonds. The molecule has 4 aliphatic rings. The third-order valence-corrected chi connectivity index (χ3v) is 6.38. The van der Waals surface area contributed by atoms with Crippen molar-refractivity contribution in [3.63, 3.8) is 0 Å². The van der Waals surface area contributed by atoms with Gasteiger partial charge in [-0.1, -0.05) is 6.07 Å². The van der Waals surface area contributed by atoms with Gasteiger partial charge in [-0.3, -0.25) is 9.78 Å². The fraction of sp³-hybridized carbons (Fsp3) is 0.684. The number of Topliss-reactive ketones (excluding diaryl/α,β-unsaturated/α-hetero) is 1. The minimum atomic E-state index is 0.0648. The van der Waals surface area contributed by atoms with Crippen molar-refractivity contribution >= 4 is 5.78 Å². The van der Waals surface area contributed by atoms with Gasteiger partial charge < -0.3 is 0 Å². The SMILES string of the molecule is CC(=O)[C@H](CC12CC3CC(CC(C3)C1)C2)c1cccnc1. The highest BCUT2D eigenvalue weighted by atomic mass is 16.1. The van der Waals surface area contributed by atoms with Crippen LogP contribution in [-0.2, 0) is 4.79 Å². The fourth-order valence-electron chi connectivity index (χ4n) is 6.05. The molecule has 0 unspecified atom stereocenters. The summed E-state index contributed by atoms with van der Waals surface area (Å²) in [6, 6.07) is 4.05. The highest BCUT2D eigenvalue weighted by Gasteiger charge is 2.51. The van der Waals surface area contributed by atoms with Crippen LogP contribution in [0.25, 0.3) is 0 Å². The minimum Gasteiger partial charge on any atom is -0.299 e. The van der Waals surface area contributed by atoms with E-state index < -0.39 is 0 Å². The summed E-state index contributed by atoms with van der Waals surface area (Å²) in [5, 5.41) is 0. The van der Waals surface area contributed by atoms with Gasteiger partial charge in [0.1, 0.15) is 5.78 Å². The molecule has 1 atom stereocenters. The number of pyridine rings is 1. The molecule has 0 aliphatic heterocycles. The highest BCUT2D eigenvalue weighted by molar-refractivity contribution is 5.83. The molecule has 0 spiro atoms. The Labute approximate surface area is 127 Å². The van der Waals surface area contributed by atoms with E-state index in [4.69, 9.17) is 0 Å². The number of aromatic nitrogens is 1. The Balaban J connectivity index is 1.60. The Kier molecular flexibility index (Phi) is 3.16. The Morgan fingerprint density at radius 3 is 2.33 bits per heavy atom. The van der Waals surface area contributed by atoms with Crippen LogP contribution in [0, 0.1) is 23.2 Å². The molecule has 4 saturated carbocycles. The Morgan fingerprint density at radius 1 is 1.24 bits per heavy atom. The summed E-state index contributed by atoms with van der Waals surface area (Å²) in [6.45, 7) is 1.76. The monoisotopic (exact) mass is 283 g/mol. The number of ketones is 1. The standard InChI is InChI=1S/C19H25NO/c1-13(21)18(17-3-2-4-20-12-17)11-19-8-14-5-15(9-19)7-16(6-14)10-19/h2-4,12,14-16,18H,5-11H2,1H3/t14?,15?,16?,18-,19?/m0/s1. The number of rotatable bonds is 4.